The Kier molecular flexibility index (Phi) is 3.04. The second kappa shape index (κ2) is 4.48. The average Bonchev–Trinajstić information content (AvgIpc) is 2.22. The van der Waals surface area contributed by atoms with Gasteiger partial charge in [0.15, 0.2) is 0 Å². The molecule has 1 aliphatic rings. The lowest BCUT2D eigenvalue weighted by Gasteiger charge is -2.30. The summed E-state index contributed by atoms with van der Waals surface area (Å²) < 4.78 is 0. The first-order chi connectivity index (χ1) is 7.69. The van der Waals surface area contributed by atoms with Gasteiger partial charge in [-0.25, -0.2) is 9.97 Å². The summed E-state index contributed by atoms with van der Waals surface area (Å²) in [5.74, 6) is 1.45. The van der Waals surface area contributed by atoms with Crippen molar-refractivity contribution in [1.29, 1.82) is 5.26 Å². The highest BCUT2D eigenvalue weighted by atomic mass is 15.2. The maximum absolute atomic E-state index is 8.85. The Bertz CT molecular complexity index is 418. The predicted octanol–water partition coefficient (Wildman–Crippen LogP) is 1.89. The van der Waals surface area contributed by atoms with Crippen molar-refractivity contribution in [3.63, 3.8) is 0 Å². The molecule has 4 nitrogen and oxygen atoms in total. The maximum atomic E-state index is 8.85. The number of aryl methyl sites for hydroxylation is 1. The molecule has 0 saturated heterocycles. The van der Waals surface area contributed by atoms with E-state index in [-0.39, 0.29) is 0 Å². The van der Waals surface area contributed by atoms with Crippen LogP contribution >= 0.6 is 0 Å². The van der Waals surface area contributed by atoms with Crippen LogP contribution in [-0.4, -0.2) is 23.6 Å². The van der Waals surface area contributed by atoms with E-state index >= 15 is 0 Å². The number of rotatable bonds is 3. The van der Waals surface area contributed by atoms with Gasteiger partial charge in [-0.3, -0.25) is 0 Å². The molecule has 0 atom stereocenters. The Hall–Kier alpha value is -1.63. The van der Waals surface area contributed by atoms with E-state index in [4.69, 9.17) is 5.26 Å². The number of nitrogens with zero attached hydrogens (tertiary/aromatic N) is 4. The topological polar surface area (TPSA) is 52.8 Å². The molecule has 0 radical (unpaired) electrons. The monoisotopic (exact) mass is 216 g/mol. The number of hydrogen-bond donors (Lipinski definition) is 0. The zero-order valence-corrected chi connectivity index (χ0v) is 9.77. The van der Waals surface area contributed by atoms with Gasteiger partial charge in [0.2, 0.25) is 5.95 Å². The van der Waals surface area contributed by atoms with Crippen molar-refractivity contribution < 1.29 is 0 Å². The molecule has 0 N–H and O–H groups in total. The standard InChI is InChI=1S/C12H16N4/c1-9-6-11(7-13)15-12(14-9)16(2)8-10-4-3-5-10/h6,10H,3-5,8H2,1-2H3. The van der Waals surface area contributed by atoms with Gasteiger partial charge >= 0.3 is 0 Å². The highest BCUT2D eigenvalue weighted by molar-refractivity contribution is 5.35. The molecule has 1 fully saturated rings. The third kappa shape index (κ3) is 2.30. The molecule has 0 aromatic carbocycles. The highest BCUT2D eigenvalue weighted by Gasteiger charge is 2.20. The van der Waals surface area contributed by atoms with Crippen LogP contribution in [0.1, 0.15) is 30.7 Å². The summed E-state index contributed by atoms with van der Waals surface area (Å²) >= 11 is 0. The Balaban J connectivity index is 2.12. The molecule has 1 aromatic rings. The van der Waals surface area contributed by atoms with E-state index < -0.39 is 0 Å². The molecule has 4 heteroatoms. The fourth-order valence-corrected chi connectivity index (χ4v) is 1.93. The first-order valence-electron chi connectivity index (χ1n) is 5.66. The van der Waals surface area contributed by atoms with Crippen LogP contribution in [0.4, 0.5) is 5.95 Å². The second-order valence-electron chi connectivity index (χ2n) is 4.48. The van der Waals surface area contributed by atoms with Crippen molar-refractivity contribution in [2.75, 3.05) is 18.5 Å². The van der Waals surface area contributed by atoms with Gasteiger partial charge in [0.05, 0.1) is 0 Å². The minimum absolute atomic E-state index is 0.447. The molecular formula is C12H16N4. The van der Waals surface area contributed by atoms with E-state index in [1.807, 2.05) is 14.0 Å². The Labute approximate surface area is 95.9 Å². The maximum Gasteiger partial charge on any atom is 0.226 e. The van der Waals surface area contributed by atoms with E-state index in [9.17, 15) is 0 Å². The van der Waals surface area contributed by atoms with Gasteiger partial charge in [-0.15, -0.1) is 0 Å². The first-order valence-corrected chi connectivity index (χ1v) is 5.66. The predicted molar refractivity (Wildman–Crippen MR) is 62.1 cm³/mol. The van der Waals surface area contributed by atoms with Crippen LogP contribution in [0.5, 0.6) is 0 Å². The molecule has 1 heterocycles. The van der Waals surface area contributed by atoms with Gasteiger partial charge in [0.1, 0.15) is 11.8 Å². The van der Waals surface area contributed by atoms with Crippen LogP contribution in [0.15, 0.2) is 6.07 Å². The zero-order chi connectivity index (χ0) is 11.5. The van der Waals surface area contributed by atoms with Gasteiger partial charge < -0.3 is 4.90 Å². The second-order valence-corrected chi connectivity index (χ2v) is 4.48. The Morgan fingerprint density at radius 1 is 1.50 bits per heavy atom. The van der Waals surface area contributed by atoms with Gasteiger partial charge in [-0.1, -0.05) is 6.42 Å². The van der Waals surface area contributed by atoms with Crippen LogP contribution < -0.4 is 4.90 Å². The SMILES string of the molecule is Cc1cc(C#N)nc(N(C)CC2CCC2)n1. The third-order valence-electron chi connectivity index (χ3n) is 3.06. The van der Waals surface area contributed by atoms with E-state index in [0.29, 0.717) is 11.6 Å². The minimum Gasteiger partial charge on any atom is -0.344 e. The van der Waals surface area contributed by atoms with Crippen molar-refractivity contribution in [2.45, 2.75) is 26.2 Å². The molecule has 0 unspecified atom stereocenters. The molecule has 0 aliphatic heterocycles. The fraction of sp³-hybridized carbons (Fsp3) is 0.583. The summed E-state index contributed by atoms with van der Waals surface area (Å²) in [4.78, 5) is 10.6. The van der Waals surface area contributed by atoms with Crippen molar-refractivity contribution in [3.05, 3.63) is 17.5 Å². The molecule has 16 heavy (non-hydrogen) atoms. The fourth-order valence-electron chi connectivity index (χ4n) is 1.93. The largest absolute Gasteiger partial charge is 0.344 e. The van der Waals surface area contributed by atoms with Crippen molar-refractivity contribution in [2.24, 2.45) is 5.92 Å². The van der Waals surface area contributed by atoms with Gasteiger partial charge in [0, 0.05) is 19.3 Å². The van der Waals surface area contributed by atoms with Gasteiger partial charge in [0.25, 0.3) is 0 Å². The molecule has 2 rings (SSSR count). The van der Waals surface area contributed by atoms with Crippen molar-refractivity contribution in [3.8, 4) is 6.07 Å². The van der Waals surface area contributed by atoms with E-state index in [1.165, 1.54) is 19.3 Å². The highest BCUT2D eigenvalue weighted by Crippen LogP contribution is 2.27. The lowest BCUT2D eigenvalue weighted by molar-refractivity contribution is 0.320. The van der Waals surface area contributed by atoms with Crippen molar-refractivity contribution >= 4 is 5.95 Å². The number of nitriles is 1. The quantitative estimate of drug-likeness (QED) is 0.774. The molecule has 0 bridgehead atoms. The number of aromatic nitrogens is 2. The lowest BCUT2D eigenvalue weighted by atomic mass is 9.85. The van der Waals surface area contributed by atoms with Crippen LogP contribution in [-0.2, 0) is 0 Å². The summed E-state index contributed by atoms with van der Waals surface area (Å²) in [6, 6.07) is 3.78. The summed E-state index contributed by atoms with van der Waals surface area (Å²) in [7, 11) is 1.99. The van der Waals surface area contributed by atoms with Crippen LogP contribution in [0.2, 0.25) is 0 Å². The molecule has 84 valence electrons. The Morgan fingerprint density at radius 3 is 2.81 bits per heavy atom. The van der Waals surface area contributed by atoms with Crippen LogP contribution in [0.3, 0.4) is 0 Å². The lowest BCUT2D eigenvalue weighted by Crippen LogP contribution is -2.30. The number of anilines is 1. The molecule has 1 aromatic heterocycles. The van der Waals surface area contributed by atoms with E-state index in [1.54, 1.807) is 6.07 Å². The third-order valence-corrected chi connectivity index (χ3v) is 3.06. The summed E-state index contributed by atoms with van der Waals surface area (Å²) in [6.45, 7) is 2.89. The summed E-state index contributed by atoms with van der Waals surface area (Å²) in [5.41, 5.74) is 1.30. The molecule has 0 amide bonds. The summed E-state index contributed by atoms with van der Waals surface area (Å²) in [6.07, 6.45) is 3.96. The molecule has 1 aliphatic carbocycles. The van der Waals surface area contributed by atoms with Gasteiger partial charge in [-0.05, 0) is 31.7 Å². The van der Waals surface area contributed by atoms with E-state index in [2.05, 4.69) is 20.9 Å². The first kappa shape index (κ1) is 10.9. The minimum atomic E-state index is 0.447. The normalized spacial score (nSPS) is 15.3. The van der Waals surface area contributed by atoms with Crippen molar-refractivity contribution in [1.82, 2.24) is 9.97 Å². The number of hydrogen-bond acceptors (Lipinski definition) is 4. The molecule has 0 spiro atoms. The van der Waals surface area contributed by atoms with E-state index in [0.717, 1.165) is 18.2 Å². The molecular weight excluding hydrogens is 200 g/mol. The Morgan fingerprint density at radius 2 is 2.25 bits per heavy atom. The van der Waals surface area contributed by atoms with Crippen LogP contribution in [0.25, 0.3) is 0 Å². The smallest absolute Gasteiger partial charge is 0.226 e. The summed E-state index contributed by atoms with van der Waals surface area (Å²) in [5, 5.41) is 8.85. The van der Waals surface area contributed by atoms with Gasteiger partial charge in [-0.2, -0.15) is 5.26 Å². The molecule has 1 saturated carbocycles. The van der Waals surface area contributed by atoms with Crippen LogP contribution in [0, 0.1) is 24.2 Å². The zero-order valence-electron chi connectivity index (χ0n) is 9.77. The average molecular weight is 216 g/mol.